The minimum atomic E-state index is -0.332. The predicted octanol–water partition coefficient (Wildman–Crippen LogP) is 0.372. The molecule has 4 nitrogen and oxygen atoms in total. The Kier molecular flexibility index (Phi) is 2.53. The number of hydrogen-bond donors (Lipinski definition) is 1. The molecule has 0 atom stereocenters. The van der Waals surface area contributed by atoms with Crippen LogP contribution in [0.2, 0.25) is 0 Å². The van der Waals surface area contributed by atoms with E-state index in [4.69, 9.17) is 0 Å². The monoisotopic (exact) mass is 172 g/mol. The van der Waals surface area contributed by atoms with Crippen LogP contribution in [-0.2, 0) is 4.79 Å². The van der Waals surface area contributed by atoms with Crippen molar-refractivity contribution in [1.82, 2.24) is 9.62 Å². The third-order valence-corrected chi connectivity index (χ3v) is 2.10. The van der Waals surface area contributed by atoms with Crippen LogP contribution < -0.4 is 5.32 Å². The van der Waals surface area contributed by atoms with Gasteiger partial charge in [-0.3, -0.25) is 14.4 Å². The minimum absolute atomic E-state index is 0.150. The van der Waals surface area contributed by atoms with Gasteiger partial charge >= 0.3 is 6.03 Å². The number of nitrogens with zero attached hydrogens (tertiary/aromatic N) is 1. The lowest BCUT2D eigenvalue weighted by molar-refractivity contribution is -0.118. The van der Waals surface area contributed by atoms with Gasteiger partial charge in [0, 0.05) is 5.75 Å². The summed E-state index contributed by atoms with van der Waals surface area (Å²) in [4.78, 5) is 21.4. The molecule has 0 unspecified atom stereocenters. The van der Waals surface area contributed by atoms with Crippen molar-refractivity contribution in [2.45, 2.75) is 0 Å². The van der Waals surface area contributed by atoms with E-state index in [0.29, 0.717) is 5.75 Å². The molecule has 1 fully saturated rings. The molecule has 0 aromatic carbocycles. The normalized spacial score (nSPS) is 16.9. The molecular weight excluding hydrogens is 164 g/mol. The van der Waals surface area contributed by atoms with Crippen molar-refractivity contribution in [3.63, 3.8) is 0 Å². The summed E-state index contributed by atoms with van der Waals surface area (Å²) < 4.78 is 1.38. The van der Waals surface area contributed by atoms with E-state index in [1.165, 1.54) is 16.3 Å². The van der Waals surface area contributed by atoms with Gasteiger partial charge in [0.05, 0.1) is 0 Å². The molecule has 1 N–H and O–H groups in total. The summed E-state index contributed by atoms with van der Waals surface area (Å²) in [7, 11) is 0. The summed E-state index contributed by atoms with van der Waals surface area (Å²) in [5, 5.41) is 2.17. The Labute approximate surface area is 68.8 Å². The van der Waals surface area contributed by atoms with Crippen LogP contribution in [0.25, 0.3) is 0 Å². The number of imide groups is 1. The zero-order chi connectivity index (χ0) is 8.27. The highest BCUT2D eigenvalue weighted by molar-refractivity contribution is 7.97. The number of hydrogen-bond acceptors (Lipinski definition) is 3. The number of amides is 3. The summed E-state index contributed by atoms with van der Waals surface area (Å²) >= 11 is 1.28. The van der Waals surface area contributed by atoms with Gasteiger partial charge in [-0.1, -0.05) is 6.08 Å². The van der Waals surface area contributed by atoms with Crippen LogP contribution in [0.4, 0.5) is 4.79 Å². The predicted molar refractivity (Wildman–Crippen MR) is 42.9 cm³/mol. The SMILES string of the molecule is C=CCSN1CC(=O)NC1=O. The number of rotatable bonds is 3. The van der Waals surface area contributed by atoms with Crippen LogP contribution in [-0.4, -0.2) is 28.5 Å². The second-order valence-corrected chi connectivity index (χ2v) is 3.01. The Hall–Kier alpha value is -0.970. The topological polar surface area (TPSA) is 49.4 Å². The lowest BCUT2D eigenvalue weighted by Gasteiger charge is -2.08. The Morgan fingerprint density at radius 2 is 2.45 bits per heavy atom. The van der Waals surface area contributed by atoms with Crippen LogP contribution in [0, 0.1) is 0 Å². The maximum absolute atomic E-state index is 10.8. The number of urea groups is 1. The van der Waals surface area contributed by atoms with Gasteiger partial charge in [-0.05, 0) is 11.9 Å². The molecule has 5 heteroatoms. The summed E-state index contributed by atoms with van der Waals surface area (Å²) in [6, 6.07) is -0.332. The molecule has 0 bridgehead atoms. The largest absolute Gasteiger partial charge is 0.334 e. The van der Waals surface area contributed by atoms with Crippen molar-refractivity contribution in [3.05, 3.63) is 12.7 Å². The quantitative estimate of drug-likeness (QED) is 0.380. The molecule has 1 saturated heterocycles. The van der Waals surface area contributed by atoms with Gasteiger partial charge < -0.3 is 0 Å². The molecule has 1 heterocycles. The highest BCUT2D eigenvalue weighted by Gasteiger charge is 2.26. The van der Waals surface area contributed by atoms with Gasteiger partial charge in [0.25, 0.3) is 0 Å². The van der Waals surface area contributed by atoms with Gasteiger partial charge in [0.2, 0.25) is 5.91 Å². The Bertz CT molecular complexity index is 205. The van der Waals surface area contributed by atoms with Gasteiger partial charge in [0.15, 0.2) is 0 Å². The molecule has 0 aliphatic carbocycles. The fourth-order valence-corrected chi connectivity index (χ4v) is 1.33. The second kappa shape index (κ2) is 3.43. The zero-order valence-corrected chi connectivity index (χ0v) is 6.69. The maximum Gasteiger partial charge on any atom is 0.334 e. The average Bonchev–Trinajstić information content (AvgIpc) is 2.26. The molecule has 0 spiro atoms. The highest BCUT2D eigenvalue weighted by atomic mass is 32.2. The van der Waals surface area contributed by atoms with Crippen molar-refractivity contribution >= 4 is 23.9 Å². The van der Waals surface area contributed by atoms with Crippen LogP contribution in [0.5, 0.6) is 0 Å². The van der Waals surface area contributed by atoms with Gasteiger partial charge in [-0.15, -0.1) is 6.58 Å². The van der Waals surface area contributed by atoms with Crippen LogP contribution >= 0.6 is 11.9 Å². The van der Waals surface area contributed by atoms with E-state index < -0.39 is 0 Å². The fraction of sp³-hybridized carbons (Fsp3) is 0.333. The Morgan fingerprint density at radius 3 is 2.91 bits per heavy atom. The Morgan fingerprint density at radius 1 is 1.73 bits per heavy atom. The fourth-order valence-electron chi connectivity index (χ4n) is 0.670. The number of carbonyl (C=O) groups is 2. The average molecular weight is 172 g/mol. The lowest BCUT2D eigenvalue weighted by atomic mass is 10.7. The second-order valence-electron chi connectivity index (χ2n) is 1.97. The first-order chi connectivity index (χ1) is 5.24. The van der Waals surface area contributed by atoms with Crippen molar-refractivity contribution in [2.24, 2.45) is 0 Å². The summed E-state index contributed by atoms with van der Waals surface area (Å²) in [6.07, 6.45) is 1.68. The third-order valence-electron chi connectivity index (χ3n) is 1.11. The first-order valence-electron chi connectivity index (χ1n) is 3.09. The van der Waals surface area contributed by atoms with E-state index in [0.717, 1.165) is 0 Å². The molecule has 3 amide bonds. The third kappa shape index (κ3) is 1.98. The molecule has 1 rings (SSSR count). The van der Waals surface area contributed by atoms with Crippen molar-refractivity contribution in [1.29, 1.82) is 0 Å². The standard InChI is InChI=1S/C6H8N2O2S/c1-2-3-11-8-4-5(9)7-6(8)10/h2H,1,3-4H2,(H,7,9,10). The highest BCUT2D eigenvalue weighted by Crippen LogP contribution is 2.12. The molecule has 60 valence electrons. The van der Waals surface area contributed by atoms with Gasteiger partial charge in [-0.2, -0.15) is 0 Å². The van der Waals surface area contributed by atoms with Crippen LogP contribution in [0.1, 0.15) is 0 Å². The summed E-state index contributed by atoms with van der Waals surface area (Å²) in [6.45, 7) is 3.65. The number of nitrogens with one attached hydrogen (secondary N) is 1. The molecule has 0 saturated carbocycles. The van der Waals surface area contributed by atoms with E-state index in [1.54, 1.807) is 6.08 Å². The molecule has 1 aliphatic heterocycles. The summed E-state index contributed by atoms with van der Waals surface area (Å²) in [5.74, 6) is 0.396. The van der Waals surface area contributed by atoms with Gasteiger partial charge in [0.1, 0.15) is 6.54 Å². The molecule has 0 aromatic rings. The molecule has 0 aromatic heterocycles. The maximum atomic E-state index is 10.8. The smallest absolute Gasteiger partial charge is 0.276 e. The minimum Gasteiger partial charge on any atom is -0.276 e. The van der Waals surface area contributed by atoms with Crippen molar-refractivity contribution in [2.75, 3.05) is 12.3 Å². The van der Waals surface area contributed by atoms with Crippen LogP contribution in [0.15, 0.2) is 12.7 Å². The zero-order valence-electron chi connectivity index (χ0n) is 5.87. The molecular formula is C6H8N2O2S. The lowest BCUT2D eigenvalue weighted by Crippen LogP contribution is -2.23. The Balaban J connectivity index is 2.40. The molecule has 1 aliphatic rings. The van der Waals surface area contributed by atoms with E-state index in [9.17, 15) is 9.59 Å². The first kappa shape index (κ1) is 8.13. The van der Waals surface area contributed by atoms with Crippen molar-refractivity contribution < 1.29 is 9.59 Å². The molecule has 11 heavy (non-hydrogen) atoms. The number of carbonyl (C=O) groups excluding carboxylic acids is 2. The van der Waals surface area contributed by atoms with Crippen molar-refractivity contribution in [3.8, 4) is 0 Å². The van der Waals surface area contributed by atoms with E-state index in [-0.39, 0.29) is 18.5 Å². The van der Waals surface area contributed by atoms with E-state index >= 15 is 0 Å². The van der Waals surface area contributed by atoms with Crippen LogP contribution in [0.3, 0.4) is 0 Å². The van der Waals surface area contributed by atoms with Gasteiger partial charge in [-0.25, -0.2) is 4.79 Å². The summed E-state index contributed by atoms with van der Waals surface area (Å²) in [5.41, 5.74) is 0. The van der Waals surface area contributed by atoms with E-state index in [2.05, 4.69) is 11.9 Å². The first-order valence-corrected chi connectivity index (χ1v) is 4.03. The van der Waals surface area contributed by atoms with E-state index in [1.807, 2.05) is 0 Å². The molecule has 0 radical (unpaired) electrons.